The summed E-state index contributed by atoms with van der Waals surface area (Å²) in [5.41, 5.74) is 4.55. The van der Waals surface area contributed by atoms with E-state index < -0.39 is 35.5 Å². The molecular formula is C33H60N6O9. The number of ether oxygens (including phenoxy) is 3. The number of Topliss-reactive ketones (excluding diaryl/α,β-unsaturated/α-hetero) is 1. The van der Waals surface area contributed by atoms with Gasteiger partial charge < -0.3 is 46.1 Å². The van der Waals surface area contributed by atoms with E-state index in [1.54, 1.807) is 25.7 Å². The molecule has 1 rings (SSSR count). The number of ketones is 1. The molecule has 5 amide bonds. The Morgan fingerprint density at radius 3 is 2.15 bits per heavy atom. The second kappa shape index (κ2) is 23.1. The summed E-state index contributed by atoms with van der Waals surface area (Å²) in [5, 5.41) is 11.3. The highest BCUT2D eigenvalue weighted by molar-refractivity contribution is 5.93. The number of hydrogen-bond acceptors (Lipinski definition) is 10. The minimum Gasteiger partial charge on any atom is -0.460 e. The highest BCUT2D eigenvalue weighted by Crippen LogP contribution is 2.15. The molecule has 1 saturated heterocycles. The van der Waals surface area contributed by atoms with Gasteiger partial charge in [0.05, 0.1) is 38.9 Å². The van der Waals surface area contributed by atoms with Crippen molar-refractivity contribution in [2.75, 3.05) is 52.6 Å². The van der Waals surface area contributed by atoms with Crippen LogP contribution in [0, 0.1) is 5.92 Å². The molecule has 0 aromatic rings. The summed E-state index contributed by atoms with van der Waals surface area (Å²) in [6.07, 6.45) is 2.57. The third kappa shape index (κ3) is 18.9. The van der Waals surface area contributed by atoms with Gasteiger partial charge in [-0.15, -0.1) is 0 Å². The molecule has 1 heterocycles. The number of nitrogens with zero attached hydrogens (tertiary/aromatic N) is 1. The molecule has 15 heteroatoms. The van der Waals surface area contributed by atoms with Gasteiger partial charge in [0.25, 0.3) is 0 Å². The maximum absolute atomic E-state index is 13.3. The predicted molar refractivity (Wildman–Crippen MR) is 180 cm³/mol. The van der Waals surface area contributed by atoms with E-state index in [1.807, 2.05) is 20.8 Å². The van der Waals surface area contributed by atoms with Crippen LogP contribution < -0.4 is 27.0 Å². The first-order chi connectivity index (χ1) is 22.6. The summed E-state index contributed by atoms with van der Waals surface area (Å²) in [5.74, 6) is -1.85. The third-order valence-electron chi connectivity index (χ3n) is 7.64. The first-order valence-electron chi connectivity index (χ1n) is 17.2. The fourth-order valence-corrected chi connectivity index (χ4v) is 5.15. The minimum atomic E-state index is -0.899. The van der Waals surface area contributed by atoms with Crippen LogP contribution in [0.3, 0.4) is 0 Å². The van der Waals surface area contributed by atoms with Gasteiger partial charge >= 0.3 is 12.0 Å². The zero-order chi connectivity index (χ0) is 36.1. The Bertz CT molecular complexity index is 1030. The number of rotatable bonds is 23. The highest BCUT2D eigenvalue weighted by Gasteiger charge is 2.29. The van der Waals surface area contributed by atoms with E-state index in [0.717, 1.165) is 25.9 Å². The van der Waals surface area contributed by atoms with Gasteiger partial charge in [-0.1, -0.05) is 20.8 Å². The number of nitrogens with one attached hydrogen (secondary N) is 4. The molecular weight excluding hydrogens is 624 g/mol. The summed E-state index contributed by atoms with van der Waals surface area (Å²) in [6.45, 7) is 14.0. The number of primary amides is 1. The van der Waals surface area contributed by atoms with E-state index in [9.17, 15) is 28.8 Å². The van der Waals surface area contributed by atoms with Crippen molar-refractivity contribution in [3.05, 3.63) is 0 Å². The molecule has 0 saturated carbocycles. The summed E-state index contributed by atoms with van der Waals surface area (Å²) >= 11 is 0. The largest absolute Gasteiger partial charge is 0.460 e. The average Bonchev–Trinajstić information content (AvgIpc) is 3.01. The van der Waals surface area contributed by atoms with E-state index in [4.69, 9.17) is 19.9 Å². The van der Waals surface area contributed by atoms with Crippen LogP contribution in [-0.4, -0.2) is 117 Å². The van der Waals surface area contributed by atoms with Crippen molar-refractivity contribution in [3.8, 4) is 0 Å². The number of carbonyl (C=O) groups is 6. The Hall–Kier alpha value is -3.30. The van der Waals surface area contributed by atoms with Gasteiger partial charge in [-0.25, -0.2) is 4.79 Å². The molecule has 276 valence electrons. The Morgan fingerprint density at radius 2 is 1.56 bits per heavy atom. The van der Waals surface area contributed by atoms with Gasteiger partial charge in [0.1, 0.15) is 11.6 Å². The van der Waals surface area contributed by atoms with Crippen LogP contribution in [0.5, 0.6) is 0 Å². The van der Waals surface area contributed by atoms with E-state index in [0.29, 0.717) is 39.2 Å². The number of hydrogen-bond donors (Lipinski definition) is 5. The number of urea groups is 1. The topological polar surface area (TPSA) is 207 Å². The Balaban J connectivity index is 2.61. The number of carbonyl (C=O) groups excluding carboxylic acids is 6. The molecule has 2 atom stereocenters. The summed E-state index contributed by atoms with van der Waals surface area (Å²) in [4.78, 5) is 76.4. The first kappa shape index (κ1) is 42.7. The number of nitrogens with two attached hydrogens (primary N) is 1. The molecule has 0 spiro atoms. The lowest BCUT2D eigenvalue weighted by molar-refractivity contribution is -0.156. The Kier molecular flexibility index (Phi) is 20.6. The lowest BCUT2D eigenvalue weighted by Gasteiger charge is -2.35. The van der Waals surface area contributed by atoms with E-state index in [2.05, 4.69) is 21.3 Å². The SMILES string of the molecule is CCC(=O)[C@H](CCCNC(N)=O)NC(=O)[C@@H](NC(=O)CCC(=O)N(CCOCCOCCC(=O)OC(C)(C)C)C1CCNCC1)C(C)C. The average molecular weight is 685 g/mol. The fourth-order valence-electron chi connectivity index (χ4n) is 5.15. The van der Waals surface area contributed by atoms with Crippen molar-refractivity contribution < 1.29 is 43.0 Å². The predicted octanol–water partition coefficient (Wildman–Crippen LogP) is 1.17. The van der Waals surface area contributed by atoms with Gasteiger partial charge in [-0.05, 0) is 65.5 Å². The highest BCUT2D eigenvalue weighted by atomic mass is 16.6. The van der Waals surface area contributed by atoms with Gasteiger partial charge in [0.15, 0.2) is 5.78 Å². The van der Waals surface area contributed by atoms with Crippen LogP contribution in [-0.2, 0) is 38.2 Å². The Labute approximate surface area is 285 Å². The molecule has 6 N–H and O–H groups in total. The molecule has 48 heavy (non-hydrogen) atoms. The maximum Gasteiger partial charge on any atom is 0.312 e. The summed E-state index contributed by atoms with van der Waals surface area (Å²) in [6, 6.07) is -2.30. The van der Waals surface area contributed by atoms with Crippen LogP contribution in [0.1, 0.15) is 92.9 Å². The molecule has 0 aromatic heterocycles. The molecule has 15 nitrogen and oxygen atoms in total. The van der Waals surface area contributed by atoms with Gasteiger partial charge in [-0.3, -0.25) is 24.0 Å². The monoisotopic (exact) mass is 684 g/mol. The normalized spacial score (nSPS) is 14.9. The molecule has 1 aliphatic rings. The van der Waals surface area contributed by atoms with Crippen LogP contribution in [0.4, 0.5) is 4.79 Å². The zero-order valence-corrected chi connectivity index (χ0v) is 29.8. The third-order valence-corrected chi connectivity index (χ3v) is 7.64. The molecule has 0 aliphatic carbocycles. The molecule has 1 fully saturated rings. The lowest BCUT2D eigenvalue weighted by Crippen LogP contribution is -2.54. The minimum absolute atomic E-state index is 0.0240. The van der Waals surface area contributed by atoms with Crippen LogP contribution in [0.2, 0.25) is 0 Å². The van der Waals surface area contributed by atoms with Crippen LogP contribution in [0.15, 0.2) is 0 Å². The van der Waals surface area contributed by atoms with Crippen molar-refractivity contribution >= 4 is 35.5 Å². The molecule has 0 radical (unpaired) electrons. The van der Waals surface area contributed by atoms with E-state index in [-0.39, 0.29) is 68.5 Å². The molecule has 0 bridgehead atoms. The van der Waals surface area contributed by atoms with Crippen molar-refractivity contribution in [1.82, 2.24) is 26.2 Å². The molecule has 1 aliphatic heterocycles. The number of esters is 1. The van der Waals surface area contributed by atoms with Gasteiger partial charge in [0.2, 0.25) is 17.7 Å². The van der Waals surface area contributed by atoms with E-state index in [1.165, 1.54) is 0 Å². The first-order valence-corrected chi connectivity index (χ1v) is 17.2. The van der Waals surface area contributed by atoms with Gasteiger partial charge in [-0.2, -0.15) is 0 Å². The molecule has 0 unspecified atom stereocenters. The number of piperidine rings is 1. The van der Waals surface area contributed by atoms with Crippen LogP contribution >= 0.6 is 0 Å². The second-order valence-electron chi connectivity index (χ2n) is 13.2. The summed E-state index contributed by atoms with van der Waals surface area (Å²) in [7, 11) is 0. The number of amides is 5. The standard InChI is InChI=1S/C33H60N6O9/c1-7-26(40)25(9-8-15-36-32(34)45)37-31(44)30(23(2)3)38-27(41)10-11-28(42)39(24-12-16-35-17-13-24)18-20-47-22-21-46-19-14-29(43)48-33(4,5)6/h23-25,30,35H,7-22H2,1-6H3,(H,37,44)(H,38,41)(H3,34,36,45)/t25-,30-/m0/s1. The lowest BCUT2D eigenvalue weighted by atomic mass is 10.00. The molecule has 0 aromatic carbocycles. The summed E-state index contributed by atoms with van der Waals surface area (Å²) < 4.78 is 16.4. The smallest absolute Gasteiger partial charge is 0.312 e. The van der Waals surface area contributed by atoms with Gasteiger partial charge in [0, 0.05) is 38.4 Å². The van der Waals surface area contributed by atoms with Crippen molar-refractivity contribution in [2.45, 2.75) is 117 Å². The van der Waals surface area contributed by atoms with Crippen molar-refractivity contribution in [3.63, 3.8) is 0 Å². The maximum atomic E-state index is 13.3. The van der Waals surface area contributed by atoms with Crippen molar-refractivity contribution in [1.29, 1.82) is 0 Å². The zero-order valence-electron chi connectivity index (χ0n) is 29.8. The second-order valence-corrected chi connectivity index (χ2v) is 13.2. The fraction of sp³-hybridized carbons (Fsp3) is 0.818. The van der Waals surface area contributed by atoms with Crippen molar-refractivity contribution in [2.24, 2.45) is 11.7 Å². The Morgan fingerprint density at radius 1 is 0.917 bits per heavy atom. The quantitative estimate of drug-likeness (QED) is 0.0767. The van der Waals surface area contributed by atoms with E-state index >= 15 is 0 Å². The van der Waals surface area contributed by atoms with Crippen LogP contribution in [0.25, 0.3) is 0 Å².